The van der Waals surface area contributed by atoms with E-state index < -0.39 is 6.10 Å². The number of carbonyl (C=O) groups is 1. The van der Waals surface area contributed by atoms with Gasteiger partial charge in [0.15, 0.2) is 17.6 Å². The lowest BCUT2D eigenvalue weighted by Crippen LogP contribution is -2.24. The van der Waals surface area contributed by atoms with Gasteiger partial charge in [0, 0.05) is 11.6 Å². The van der Waals surface area contributed by atoms with Crippen LogP contribution in [-0.2, 0) is 12.8 Å². The Morgan fingerprint density at radius 2 is 1.92 bits per heavy atom. The third-order valence-corrected chi connectivity index (χ3v) is 4.35. The molecule has 0 aromatic heterocycles. The molecule has 2 aromatic carbocycles. The van der Waals surface area contributed by atoms with Gasteiger partial charge in [0.2, 0.25) is 5.78 Å². The lowest BCUT2D eigenvalue weighted by Gasteiger charge is -2.16. The lowest BCUT2D eigenvalue weighted by atomic mass is 10.0. The SMILES string of the molecule is COc1cc(C#N)ccc1O[C@H](C)C(=O)c1ccc2c(c1)CCC2. The van der Waals surface area contributed by atoms with E-state index in [4.69, 9.17) is 14.7 Å². The number of nitrogens with zero attached hydrogens (tertiary/aromatic N) is 1. The van der Waals surface area contributed by atoms with Crippen LogP contribution in [0, 0.1) is 11.3 Å². The van der Waals surface area contributed by atoms with Crippen molar-refractivity contribution in [1.82, 2.24) is 0 Å². The van der Waals surface area contributed by atoms with Crippen molar-refractivity contribution in [2.75, 3.05) is 7.11 Å². The maximum atomic E-state index is 12.7. The molecule has 0 saturated carbocycles. The van der Waals surface area contributed by atoms with Crippen LogP contribution in [0.25, 0.3) is 0 Å². The monoisotopic (exact) mass is 321 g/mol. The highest BCUT2D eigenvalue weighted by atomic mass is 16.5. The maximum absolute atomic E-state index is 12.7. The second-order valence-corrected chi connectivity index (χ2v) is 5.94. The van der Waals surface area contributed by atoms with Gasteiger partial charge in [0.25, 0.3) is 0 Å². The first kappa shape index (κ1) is 16.1. The summed E-state index contributed by atoms with van der Waals surface area (Å²) in [5.41, 5.74) is 3.77. The van der Waals surface area contributed by atoms with Gasteiger partial charge >= 0.3 is 0 Å². The summed E-state index contributed by atoms with van der Waals surface area (Å²) >= 11 is 0. The second kappa shape index (κ2) is 6.76. The van der Waals surface area contributed by atoms with E-state index in [1.807, 2.05) is 18.2 Å². The number of Topliss-reactive ketones (excluding diaryl/α,β-unsaturated/α-hetero) is 1. The standard InChI is InChI=1S/C20H19NO3/c1-13(24-18-9-6-14(12-21)10-19(18)23-2)20(22)17-8-7-15-4-3-5-16(15)11-17/h6-11,13H,3-5H2,1-2H3/t13-/m1/s1. The van der Waals surface area contributed by atoms with Crippen LogP contribution < -0.4 is 9.47 Å². The molecule has 0 fully saturated rings. The number of benzene rings is 2. The molecule has 1 aliphatic carbocycles. The molecule has 0 aliphatic heterocycles. The Bertz CT molecular complexity index is 820. The third kappa shape index (κ3) is 3.11. The number of ketones is 1. The van der Waals surface area contributed by atoms with Crippen molar-refractivity contribution < 1.29 is 14.3 Å². The van der Waals surface area contributed by atoms with Crippen LogP contribution in [0.5, 0.6) is 11.5 Å². The molecule has 0 bridgehead atoms. The number of fused-ring (bicyclic) bond motifs is 1. The van der Waals surface area contributed by atoms with E-state index in [2.05, 4.69) is 6.07 Å². The molecule has 4 heteroatoms. The van der Waals surface area contributed by atoms with Crippen LogP contribution >= 0.6 is 0 Å². The van der Waals surface area contributed by atoms with Gasteiger partial charge in [-0.15, -0.1) is 0 Å². The number of methoxy groups -OCH3 is 1. The molecule has 2 aromatic rings. The molecule has 0 amide bonds. The second-order valence-electron chi connectivity index (χ2n) is 5.94. The van der Waals surface area contributed by atoms with E-state index in [0.717, 1.165) is 19.3 Å². The molecule has 1 aliphatic rings. The highest BCUT2D eigenvalue weighted by Crippen LogP contribution is 2.29. The molecule has 122 valence electrons. The fraction of sp³-hybridized carbons (Fsp3) is 0.300. The minimum atomic E-state index is -0.633. The summed E-state index contributed by atoms with van der Waals surface area (Å²) in [4.78, 5) is 12.7. The highest BCUT2D eigenvalue weighted by molar-refractivity contribution is 5.99. The number of rotatable bonds is 5. The minimum absolute atomic E-state index is 0.0592. The van der Waals surface area contributed by atoms with Crippen molar-refractivity contribution in [1.29, 1.82) is 5.26 Å². The minimum Gasteiger partial charge on any atom is -0.493 e. The number of aryl methyl sites for hydroxylation is 2. The van der Waals surface area contributed by atoms with Crippen LogP contribution in [-0.4, -0.2) is 19.0 Å². The van der Waals surface area contributed by atoms with Gasteiger partial charge in [-0.3, -0.25) is 4.79 Å². The molecule has 0 heterocycles. The molecule has 24 heavy (non-hydrogen) atoms. The van der Waals surface area contributed by atoms with Crippen LogP contribution in [0.15, 0.2) is 36.4 Å². The maximum Gasteiger partial charge on any atom is 0.203 e. The van der Waals surface area contributed by atoms with E-state index in [0.29, 0.717) is 22.6 Å². The number of nitriles is 1. The molecular formula is C20H19NO3. The fourth-order valence-corrected chi connectivity index (χ4v) is 3.04. The van der Waals surface area contributed by atoms with Gasteiger partial charge in [-0.05, 0) is 55.5 Å². The van der Waals surface area contributed by atoms with Crippen LogP contribution in [0.4, 0.5) is 0 Å². The molecule has 0 N–H and O–H groups in total. The highest BCUT2D eigenvalue weighted by Gasteiger charge is 2.21. The van der Waals surface area contributed by atoms with Gasteiger partial charge in [-0.2, -0.15) is 5.26 Å². The summed E-state index contributed by atoms with van der Waals surface area (Å²) in [5.74, 6) is 0.845. The molecular weight excluding hydrogens is 302 g/mol. The predicted molar refractivity (Wildman–Crippen MR) is 90.6 cm³/mol. The Balaban J connectivity index is 1.78. The van der Waals surface area contributed by atoms with Crippen molar-refractivity contribution in [2.24, 2.45) is 0 Å². The summed E-state index contributed by atoms with van der Waals surface area (Å²) in [5, 5.41) is 8.94. The summed E-state index contributed by atoms with van der Waals surface area (Å²) < 4.78 is 11.0. The predicted octanol–water partition coefficient (Wildman–Crippen LogP) is 3.71. The Morgan fingerprint density at radius 3 is 2.67 bits per heavy atom. The molecule has 1 atom stereocenters. The zero-order chi connectivity index (χ0) is 17.1. The number of carbonyl (C=O) groups excluding carboxylic acids is 1. The number of hydrogen-bond acceptors (Lipinski definition) is 4. The van der Waals surface area contributed by atoms with Gasteiger partial charge in [0.05, 0.1) is 18.7 Å². The van der Waals surface area contributed by atoms with Crippen LogP contribution in [0.1, 0.15) is 40.4 Å². The quantitative estimate of drug-likeness (QED) is 0.788. The van der Waals surface area contributed by atoms with Gasteiger partial charge < -0.3 is 9.47 Å². The molecule has 4 nitrogen and oxygen atoms in total. The normalized spacial score (nSPS) is 13.7. The first-order chi connectivity index (χ1) is 11.6. The van der Waals surface area contributed by atoms with Gasteiger partial charge in [0.1, 0.15) is 0 Å². The molecule has 0 saturated heterocycles. The zero-order valence-corrected chi connectivity index (χ0v) is 13.8. The average molecular weight is 321 g/mol. The van der Waals surface area contributed by atoms with E-state index >= 15 is 0 Å². The van der Waals surface area contributed by atoms with Gasteiger partial charge in [-0.1, -0.05) is 12.1 Å². The Kier molecular flexibility index (Phi) is 4.52. The molecule has 0 spiro atoms. The van der Waals surface area contributed by atoms with Crippen LogP contribution in [0.3, 0.4) is 0 Å². The van der Waals surface area contributed by atoms with E-state index in [9.17, 15) is 4.79 Å². The summed E-state index contributed by atoms with van der Waals surface area (Å²) in [7, 11) is 1.51. The fourth-order valence-electron chi connectivity index (χ4n) is 3.04. The largest absolute Gasteiger partial charge is 0.493 e. The average Bonchev–Trinajstić information content (AvgIpc) is 3.08. The number of ether oxygens (including phenoxy) is 2. The zero-order valence-electron chi connectivity index (χ0n) is 13.8. The van der Waals surface area contributed by atoms with Crippen molar-refractivity contribution >= 4 is 5.78 Å². The first-order valence-electron chi connectivity index (χ1n) is 8.03. The van der Waals surface area contributed by atoms with E-state index in [-0.39, 0.29) is 5.78 Å². The van der Waals surface area contributed by atoms with Crippen molar-refractivity contribution in [3.63, 3.8) is 0 Å². The number of hydrogen-bond donors (Lipinski definition) is 0. The topological polar surface area (TPSA) is 59.3 Å². The lowest BCUT2D eigenvalue weighted by molar-refractivity contribution is 0.0814. The molecule has 0 radical (unpaired) electrons. The Labute approximate surface area is 141 Å². The molecule has 0 unspecified atom stereocenters. The van der Waals surface area contributed by atoms with Gasteiger partial charge in [-0.25, -0.2) is 0 Å². The summed E-state index contributed by atoms with van der Waals surface area (Å²) in [6.45, 7) is 1.73. The van der Waals surface area contributed by atoms with Crippen molar-refractivity contribution in [3.05, 3.63) is 58.7 Å². The smallest absolute Gasteiger partial charge is 0.203 e. The van der Waals surface area contributed by atoms with Crippen LogP contribution in [0.2, 0.25) is 0 Å². The van der Waals surface area contributed by atoms with E-state index in [1.54, 1.807) is 25.1 Å². The first-order valence-corrected chi connectivity index (χ1v) is 8.03. The van der Waals surface area contributed by atoms with Crippen molar-refractivity contribution in [2.45, 2.75) is 32.3 Å². The Hall–Kier alpha value is -2.80. The molecule has 3 rings (SSSR count). The summed E-state index contributed by atoms with van der Waals surface area (Å²) in [6, 6.07) is 12.9. The Morgan fingerprint density at radius 1 is 1.12 bits per heavy atom. The van der Waals surface area contributed by atoms with Crippen molar-refractivity contribution in [3.8, 4) is 17.6 Å². The van der Waals surface area contributed by atoms with E-state index in [1.165, 1.54) is 18.2 Å². The third-order valence-electron chi connectivity index (χ3n) is 4.35. The summed E-state index contributed by atoms with van der Waals surface area (Å²) in [6.07, 6.45) is 2.65.